The lowest BCUT2D eigenvalue weighted by Crippen LogP contribution is -2.48. The van der Waals surface area contributed by atoms with Crippen LogP contribution in [0.1, 0.15) is 22.8 Å². The number of hydrogen-bond acceptors (Lipinski definition) is 5. The quantitative estimate of drug-likeness (QED) is 0.774. The molecule has 1 fully saturated rings. The number of amides is 1. The predicted octanol–water partition coefficient (Wildman–Crippen LogP) is 2.53. The van der Waals surface area contributed by atoms with Crippen LogP contribution < -0.4 is 10.2 Å². The van der Waals surface area contributed by atoms with Crippen LogP contribution in [0.5, 0.6) is 0 Å². The van der Waals surface area contributed by atoms with E-state index in [4.69, 9.17) is 4.78 Å². The van der Waals surface area contributed by atoms with Crippen molar-refractivity contribution in [3.8, 4) is 0 Å². The van der Waals surface area contributed by atoms with Gasteiger partial charge in [0.25, 0.3) is 0 Å². The van der Waals surface area contributed by atoms with Gasteiger partial charge in [0.1, 0.15) is 9.92 Å². The number of carbonyl (C=O) groups is 2. The first-order chi connectivity index (χ1) is 13.3. The Hall–Kier alpha value is -2.71. The highest BCUT2D eigenvalue weighted by Crippen LogP contribution is 2.28. The number of ketones is 1. The SMILES string of the molecule is CC(=O)c1ccc(N2CCN(S(=N)(=O)c3ccc4c(c3)CC(=O)N4)CC2)cc1. The summed E-state index contributed by atoms with van der Waals surface area (Å²) in [4.78, 5) is 25.6. The maximum Gasteiger partial charge on any atom is 0.228 e. The summed E-state index contributed by atoms with van der Waals surface area (Å²) in [6.07, 6.45) is 0.267. The van der Waals surface area contributed by atoms with Gasteiger partial charge < -0.3 is 10.2 Å². The van der Waals surface area contributed by atoms with Crippen LogP contribution in [0.4, 0.5) is 11.4 Å². The monoisotopic (exact) mass is 398 g/mol. The molecule has 2 heterocycles. The third kappa shape index (κ3) is 3.41. The molecule has 2 aromatic carbocycles. The second-order valence-electron chi connectivity index (χ2n) is 7.09. The van der Waals surface area contributed by atoms with E-state index in [1.54, 1.807) is 29.4 Å². The topological polar surface area (TPSA) is 93.6 Å². The van der Waals surface area contributed by atoms with Crippen molar-refractivity contribution in [2.24, 2.45) is 0 Å². The molecule has 1 amide bonds. The van der Waals surface area contributed by atoms with Crippen LogP contribution >= 0.6 is 0 Å². The average Bonchev–Trinajstić information content (AvgIpc) is 3.07. The molecule has 0 bridgehead atoms. The van der Waals surface area contributed by atoms with E-state index in [1.807, 2.05) is 24.3 Å². The van der Waals surface area contributed by atoms with Crippen molar-refractivity contribution in [3.05, 3.63) is 53.6 Å². The van der Waals surface area contributed by atoms with Gasteiger partial charge in [0, 0.05) is 43.1 Å². The Morgan fingerprint density at radius 1 is 1.07 bits per heavy atom. The molecule has 4 rings (SSSR count). The smallest absolute Gasteiger partial charge is 0.228 e. The van der Waals surface area contributed by atoms with Gasteiger partial charge in [-0.2, -0.15) is 0 Å². The van der Waals surface area contributed by atoms with E-state index in [1.165, 1.54) is 0 Å². The molecule has 0 spiro atoms. The van der Waals surface area contributed by atoms with Crippen molar-refractivity contribution in [2.45, 2.75) is 18.2 Å². The molecule has 8 heteroatoms. The molecular weight excluding hydrogens is 376 g/mol. The van der Waals surface area contributed by atoms with Gasteiger partial charge in [0.2, 0.25) is 5.91 Å². The highest BCUT2D eigenvalue weighted by atomic mass is 32.2. The summed E-state index contributed by atoms with van der Waals surface area (Å²) in [6, 6.07) is 12.6. The second-order valence-corrected chi connectivity index (χ2v) is 9.13. The van der Waals surface area contributed by atoms with Gasteiger partial charge >= 0.3 is 0 Å². The number of rotatable bonds is 4. The molecule has 0 saturated carbocycles. The van der Waals surface area contributed by atoms with E-state index in [2.05, 4.69) is 10.2 Å². The summed E-state index contributed by atoms with van der Waals surface area (Å²) < 4.78 is 23.4. The molecule has 1 atom stereocenters. The second kappa shape index (κ2) is 7.03. The first-order valence-electron chi connectivity index (χ1n) is 9.17. The fourth-order valence-corrected chi connectivity index (χ4v) is 5.17. The fraction of sp³-hybridized carbons (Fsp3) is 0.300. The fourth-order valence-electron chi connectivity index (χ4n) is 3.64. The number of Topliss-reactive ketones (excluding diaryl/α,β-unsaturated/α-hetero) is 1. The zero-order chi connectivity index (χ0) is 19.9. The van der Waals surface area contributed by atoms with Crippen LogP contribution in [-0.4, -0.2) is 46.4 Å². The summed E-state index contributed by atoms with van der Waals surface area (Å²) in [5.74, 6) is -0.0374. The largest absolute Gasteiger partial charge is 0.369 e. The summed E-state index contributed by atoms with van der Waals surface area (Å²) in [5, 5.41) is 2.76. The number of anilines is 2. The zero-order valence-electron chi connectivity index (χ0n) is 15.6. The van der Waals surface area contributed by atoms with Crippen LogP contribution in [0.2, 0.25) is 0 Å². The van der Waals surface area contributed by atoms with Crippen molar-refractivity contribution in [1.82, 2.24) is 4.31 Å². The summed E-state index contributed by atoms with van der Waals surface area (Å²) >= 11 is 0. The Morgan fingerprint density at radius 2 is 1.75 bits per heavy atom. The van der Waals surface area contributed by atoms with Crippen molar-refractivity contribution in [2.75, 3.05) is 36.4 Å². The van der Waals surface area contributed by atoms with Crippen LogP contribution in [0, 0.1) is 4.78 Å². The van der Waals surface area contributed by atoms with Gasteiger partial charge in [0.05, 0.1) is 11.3 Å². The van der Waals surface area contributed by atoms with Crippen LogP contribution in [0.15, 0.2) is 47.4 Å². The number of fused-ring (bicyclic) bond motifs is 1. The van der Waals surface area contributed by atoms with E-state index in [0.29, 0.717) is 36.6 Å². The molecule has 0 radical (unpaired) electrons. The highest BCUT2D eigenvalue weighted by molar-refractivity contribution is 7.90. The van der Waals surface area contributed by atoms with E-state index < -0.39 is 9.92 Å². The molecule has 1 unspecified atom stereocenters. The lowest BCUT2D eigenvalue weighted by atomic mass is 10.1. The molecule has 146 valence electrons. The minimum absolute atomic E-state index is 0.0385. The molecule has 2 aliphatic heterocycles. The zero-order valence-corrected chi connectivity index (χ0v) is 16.4. The highest BCUT2D eigenvalue weighted by Gasteiger charge is 2.27. The number of nitrogens with one attached hydrogen (secondary N) is 2. The summed E-state index contributed by atoms with van der Waals surface area (Å²) in [7, 11) is -3.10. The van der Waals surface area contributed by atoms with E-state index in [9.17, 15) is 13.8 Å². The standard InChI is InChI=1S/C20H22N4O3S/c1-14(25)15-2-4-17(5-3-15)23-8-10-24(11-9-23)28(21,27)18-6-7-19-16(12-18)13-20(26)22-19/h2-7,12,21H,8-11,13H2,1H3,(H,22,26). The minimum Gasteiger partial charge on any atom is -0.369 e. The Balaban J connectivity index is 1.46. The number of benzene rings is 2. The normalized spacial score (nSPS) is 19.0. The molecule has 2 aromatic rings. The number of carbonyl (C=O) groups excluding carboxylic acids is 2. The number of nitrogens with zero attached hydrogens (tertiary/aromatic N) is 2. The van der Waals surface area contributed by atoms with Crippen molar-refractivity contribution >= 4 is 33.0 Å². The van der Waals surface area contributed by atoms with Gasteiger partial charge in [-0.15, -0.1) is 0 Å². The Bertz CT molecular complexity index is 1040. The van der Waals surface area contributed by atoms with Crippen molar-refractivity contribution < 1.29 is 13.8 Å². The Labute approximate surface area is 164 Å². The lowest BCUT2D eigenvalue weighted by Gasteiger charge is -2.36. The van der Waals surface area contributed by atoms with Gasteiger partial charge in [-0.3, -0.25) is 9.59 Å². The molecule has 2 aliphatic rings. The predicted molar refractivity (Wildman–Crippen MR) is 108 cm³/mol. The molecular formula is C20H22N4O3S. The lowest BCUT2D eigenvalue weighted by molar-refractivity contribution is -0.115. The molecule has 0 aromatic heterocycles. The first-order valence-corrected chi connectivity index (χ1v) is 10.7. The van der Waals surface area contributed by atoms with Crippen LogP contribution in [0.25, 0.3) is 0 Å². The van der Waals surface area contributed by atoms with Crippen LogP contribution in [-0.2, 0) is 21.1 Å². The maximum atomic E-state index is 13.2. The molecule has 28 heavy (non-hydrogen) atoms. The van der Waals surface area contributed by atoms with Gasteiger partial charge in [-0.05, 0) is 55.0 Å². The molecule has 0 aliphatic carbocycles. The molecule has 1 saturated heterocycles. The van der Waals surface area contributed by atoms with E-state index in [0.717, 1.165) is 16.9 Å². The molecule has 2 N–H and O–H groups in total. The summed E-state index contributed by atoms with van der Waals surface area (Å²) in [6.45, 7) is 3.86. The number of piperazine rings is 1. The maximum absolute atomic E-state index is 13.2. The van der Waals surface area contributed by atoms with Crippen molar-refractivity contribution in [1.29, 1.82) is 4.78 Å². The third-order valence-corrected chi connectivity index (χ3v) is 7.25. The third-order valence-electron chi connectivity index (χ3n) is 5.26. The Morgan fingerprint density at radius 3 is 2.39 bits per heavy atom. The first kappa shape index (κ1) is 18.6. The van der Waals surface area contributed by atoms with Crippen molar-refractivity contribution in [3.63, 3.8) is 0 Å². The number of hydrogen-bond donors (Lipinski definition) is 2. The van der Waals surface area contributed by atoms with Gasteiger partial charge in [-0.1, -0.05) is 0 Å². The average molecular weight is 398 g/mol. The van der Waals surface area contributed by atoms with Gasteiger partial charge in [0.15, 0.2) is 5.78 Å². The van der Waals surface area contributed by atoms with Crippen LogP contribution in [0.3, 0.4) is 0 Å². The van der Waals surface area contributed by atoms with E-state index in [-0.39, 0.29) is 18.1 Å². The minimum atomic E-state index is -3.10. The Kier molecular flexibility index (Phi) is 4.68. The molecule has 7 nitrogen and oxygen atoms in total. The van der Waals surface area contributed by atoms with E-state index >= 15 is 0 Å². The van der Waals surface area contributed by atoms with Gasteiger partial charge in [-0.25, -0.2) is 13.3 Å². The summed E-state index contributed by atoms with van der Waals surface area (Å²) in [5.41, 5.74) is 3.24.